The average Bonchev–Trinajstić information content (AvgIpc) is 3.25. The fraction of sp³-hybridized carbons (Fsp3) is 0.500. The minimum atomic E-state index is -0.291. The van der Waals surface area contributed by atoms with Gasteiger partial charge in [0, 0.05) is 12.6 Å². The van der Waals surface area contributed by atoms with Gasteiger partial charge >= 0.3 is 0 Å². The van der Waals surface area contributed by atoms with Crippen LogP contribution in [0.4, 0.5) is 0 Å². The van der Waals surface area contributed by atoms with Gasteiger partial charge in [-0.15, -0.1) is 0 Å². The Hall–Kier alpha value is -1.35. The van der Waals surface area contributed by atoms with Gasteiger partial charge in [0.25, 0.3) is 0 Å². The molecule has 0 aromatic heterocycles. The van der Waals surface area contributed by atoms with E-state index in [0.717, 1.165) is 31.2 Å². The van der Waals surface area contributed by atoms with Crippen LogP contribution in [0.15, 0.2) is 24.3 Å². The van der Waals surface area contributed by atoms with Crippen LogP contribution in [0.5, 0.6) is 0 Å². The summed E-state index contributed by atoms with van der Waals surface area (Å²) in [7, 11) is 1.71. The second kappa shape index (κ2) is 3.33. The molecule has 0 unspecified atom stereocenters. The third-order valence-electron chi connectivity index (χ3n) is 4.18. The predicted octanol–water partition coefficient (Wildman–Crippen LogP) is 1.41. The van der Waals surface area contributed by atoms with Crippen molar-refractivity contribution in [2.75, 3.05) is 7.05 Å². The van der Waals surface area contributed by atoms with Gasteiger partial charge in [0.2, 0.25) is 5.91 Å². The second-order valence-corrected chi connectivity index (χ2v) is 5.36. The van der Waals surface area contributed by atoms with Crippen LogP contribution >= 0.6 is 0 Å². The Kier molecular flexibility index (Phi) is 2.11. The molecule has 17 heavy (non-hydrogen) atoms. The molecule has 0 aliphatic heterocycles. The van der Waals surface area contributed by atoms with E-state index in [0.29, 0.717) is 0 Å². The number of hydrogen-bond donors (Lipinski definition) is 2. The highest BCUT2D eigenvalue weighted by molar-refractivity contribution is 5.91. The molecule has 1 aromatic carbocycles. The van der Waals surface area contributed by atoms with Crippen LogP contribution in [0.25, 0.3) is 0 Å². The van der Waals surface area contributed by atoms with Gasteiger partial charge in [-0.3, -0.25) is 4.79 Å². The minimum Gasteiger partial charge on any atom is -0.358 e. The molecule has 3 N–H and O–H groups in total. The van der Waals surface area contributed by atoms with E-state index in [1.807, 2.05) is 12.1 Å². The fourth-order valence-corrected chi connectivity index (χ4v) is 2.72. The number of likely N-dealkylation sites (N-methyl/N-ethyl adjacent to an activating group) is 1. The van der Waals surface area contributed by atoms with Crippen LogP contribution in [-0.2, 0) is 15.7 Å². The average molecular weight is 230 g/mol. The van der Waals surface area contributed by atoms with E-state index in [4.69, 9.17) is 5.73 Å². The van der Waals surface area contributed by atoms with E-state index in [9.17, 15) is 4.79 Å². The Morgan fingerprint density at radius 2 is 1.76 bits per heavy atom. The number of hydrogen-bond acceptors (Lipinski definition) is 2. The molecule has 90 valence electrons. The summed E-state index contributed by atoms with van der Waals surface area (Å²) in [5, 5.41) is 2.79. The minimum absolute atomic E-state index is 0.134. The molecule has 0 atom stereocenters. The van der Waals surface area contributed by atoms with Crippen molar-refractivity contribution in [3.8, 4) is 0 Å². The van der Waals surface area contributed by atoms with Gasteiger partial charge in [0.15, 0.2) is 0 Å². The molecule has 2 aliphatic rings. The van der Waals surface area contributed by atoms with E-state index in [2.05, 4.69) is 17.4 Å². The number of nitrogens with two attached hydrogens (primary N) is 1. The van der Waals surface area contributed by atoms with Crippen molar-refractivity contribution < 1.29 is 4.79 Å². The second-order valence-electron chi connectivity index (χ2n) is 5.36. The summed E-state index contributed by atoms with van der Waals surface area (Å²) in [4.78, 5) is 12.0. The van der Waals surface area contributed by atoms with Gasteiger partial charge in [0.05, 0.1) is 5.41 Å². The lowest BCUT2D eigenvalue weighted by Crippen LogP contribution is -2.34. The van der Waals surface area contributed by atoms with E-state index >= 15 is 0 Å². The van der Waals surface area contributed by atoms with Crippen LogP contribution in [0.1, 0.15) is 36.8 Å². The Bertz CT molecular complexity index is 473. The normalized spacial score (nSPS) is 22.9. The molecule has 0 saturated heterocycles. The highest BCUT2D eigenvalue weighted by Gasteiger charge is 2.54. The monoisotopic (exact) mass is 230 g/mol. The molecule has 2 saturated carbocycles. The molecule has 0 radical (unpaired) electrons. The van der Waals surface area contributed by atoms with Gasteiger partial charge in [-0.1, -0.05) is 24.3 Å². The van der Waals surface area contributed by atoms with Crippen LogP contribution in [-0.4, -0.2) is 13.0 Å². The summed E-state index contributed by atoms with van der Waals surface area (Å²) in [5.41, 5.74) is 8.18. The lowest BCUT2D eigenvalue weighted by Gasteiger charge is -2.21. The standard InChI is InChI=1S/C14H18N2O/c1-16-12(17)13(6-7-13)10-4-2-3-5-11(10)14(15)8-9-14/h2-5H,6-9,15H2,1H3,(H,16,17). The molecule has 0 bridgehead atoms. The zero-order valence-corrected chi connectivity index (χ0v) is 10.1. The molecule has 3 nitrogen and oxygen atoms in total. The van der Waals surface area contributed by atoms with Gasteiger partial charge < -0.3 is 11.1 Å². The summed E-state index contributed by atoms with van der Waals surface area (Å²) < 4.78 is 0. The predicted molar refractivity (Wildman–Crippen MR) is 66.5 cm³/mol. The van der Waals surface area contributed by atoms with Gasteiger partial charge in [-0.05, 0) is 36.8 Å². The van der Waals surface area contributed by atoms with Gasteiger partial charge in [-0.25, -0.2) is 0 Å². The number of benzene rings is 1. The van der Waals surface area contributed by atoms with Crippen molar-refractivity contribution in [2.45, 2.75) is 36.6 Å². The Morgan fingerprint density at radius 1 is 1.18 bits per heavy atom. The topological polar surface area (TPSA) is 55.1 Å². The molecule has 3 heteroatoms. The molecule has 0 spiro atoms. The lowest BCUT2D eigenvalue weighted by atomic mass is 9.86. The maximum atomic E-state index is 12.0. The van der Waals surface area contributed by atoms with E-state index in [1.54, 1.807) is 7.05 Å². The third-order valence-corrected chi connectivity index (χ3v) is 4.18. The molecule has 2 aliphatic carbocycles. The lowest BCUT2D eigenvalue weighted by molar-refractivity contribution is -0.123. The van der Waals surface area contributed by atoms with Gasteiger partial charge in [0.1, 0.15) is 0 Å². The smallest absolute Gasteiger partial charge is 0.230 e. The third kappa shape index (κ3) is 1.49. The van der Waals surface area contributed by atoms with Crippen LogP contribution in [0, 0.1) is 0 Å². The Balaban J connectivity index is 2.07. The first-order valence-electron chi connectivity index (χ1n) is 6.23. The van der Waals surface area contributed by atoms with E-state index in [1.165, 1.54) is 5.56 Å². The molecule has 3 rings (SSSR count). The Labute approximate surface area is 101 Å². The largest absolute Gasteiger partial charge is 0.358 e. The quantitative estimate of drug-likeness (QED) is 0.825. The first kappa shape index (κ1) is 10.8. The van der Waals surface area contributed by atoms with Crippen molar-refractivity contribution in [3.05, 3.63) is 35.4 Å². The van der Waals surface area contributed by atoms with Crippen molar-refractivity contribution in [1.82, 2.24) is 5.32 Å². The molecule has 2 fully saturated rings. The highest BCUT2D eigenvalue weighted by Crippen LogP contribution is 2.54. The van der Waals surface area contributed by atoms with Crippen LogP contribution in [0.2, 0.25) is 0 Å². The summed E-state index contributed by atoms with van der Waals surface area (Å²) in [6, 6.07) is 8.19. The maximum absolute atomic E-state index is 12.0. The summed E-state index contributed by atoms with van der Waals surface area (Å²) >= 11 is 0. The number of carbonyl (C=O) groups excluding carboxylic acids is 1. The summed E-state index contributed by atoms with van der Waals surface area (Å²) in [6.07, 6.45) is 3.96. The zero-order valence-electron chi connectivity index (χ0n) is 10.1. The fourth-order valence-electron chi connectivity index (χ4n) is 2.72. The number of nitrogens with one attached hydrogen (secondary N) is 1. The van der Waals surface area contributed by atoms with Gasteiger partial charge in [-0.2, -0.15) is 0 Å². The first-order valence-corrected chi connectivity index (χ1v) is 6.23. The van der Waals surface area contributed by atoms with E-state index in [-0.39, 0.29) is 16.9 Å². The molecule has 0 heterocycles. The van der Waals surface area contributed by atoms with Crippen molar-refractivity contribution in [3.63, 3.8) is 0 Å². The number of rotatable bonds is 3. The summed E-state index contributed by atoms with van der Waals surface area (Å²) in [5.74, 6) is 0.134. The van der Waals surface area contributed by atoms with Crippen LogP contribution < -0.4 is 11.1 Å². The van der Waals surface area contributed by atoms with E-state index < -0.39 is 0 Å². The van der Waals surface area contributed by atoms with Crippen molar-refractivity contribution in [1.29, 1.82) is 0 Å². The zero-order chi connectivity index (χ0) is 12.1. The summed E-state index contributed by atoms with van der Waals surface area (Å²) in [6.45, 7) is 0. The Morgan fingerprint density at radius 3 is 2.24 bits per heavy atom. The molecule has 1 amide bonds. The maximum Gasteiger partial charge on any atom is 0.230 e. The van der Waals surface area contributed by atoms with Crippen molar-refractivity contribution in [2.24, 2.45) is 5.73 Å². The highest BCUT2D eigenvalue weighted by atomic mass is 16.2. The first-order chi connectivity index (χ1) is 8.12. The SMILES string of the molecule is CNC(=O)C1(c2ccccc2C2(N)CC2)CC1. The number of amides is 1. The van der Waals surface area contributed by atoms with Crippen LogP contribution in [0.3, 0.4) is 0 Å². The van der Waals surface area contributed by atoms with Crippen molar-refractivity contribution >= 4 is 5.91 Å². The number of carbonyl (C=O) groups is 1. The molecular weight excluding hydrogens is 212 g/mol. The molecular formula is C14H18N2O. The molecule has 1 aromatic rings.